The Morgan fingerprint density at radius 2 is 2.43 bits per heavy atom. The topological polar surface area (TPSA) is 24.7 Å². The maximum absolute atomic E-state index is 3.55. The molecule has 0 amide bonds. The van der Waals surface area contributed by atoms with Crippen LogP contribution in [0.15, 0.2) is 10.2 Å². The van der Waals surface area contributed by atoms with Crippen LogP contribution in [0, 0.1) is 0 Å². The minimum absolute atomic E-state index is 0.999. The van der Waals surface area contributed by atoms with Gasteiger partial charge in [0.15, 0.2) is 0 Å². The Morgan fingerprint density at radius 3 is 2.86 bits per heavy atom. The second-order valence-electron chi connectivity index (χ2n) is 1.23. The lowest BCUT2D eigenvalue weighted by Gasteiger charge is -1.76. The molecule has 0 N–H and O–H groups in total. The van der Waals surface area contributed by atoms with Crippen molar-refractivity contribution in [2.45, 2.75) is 19.8 Å². The number of rotatable bonds is 3. The molecule has 2 heteroatoms. The van der Waals surface area contributed by atoms with Gasteiger partial charge in [-0.3, -0.25) is 0 Å². The van der Waals surface area contributed by atoms with Gasteiger partial charge < -0.3 is 0 Å². The van der Waals surface area contributed by atoms with Crippen molar-refractivity contribution in [2.24, 2.45) is 10.2 Å². The summed E-state index contributed by atoms with van der Waals surface area (Å²) in [5.74, 6) is 0. The van der Waals surface area contributed by atoms with Gasteiger partial charge in [0.05, 0.1) is 0 Å². The van der Waals surface area contributed by atoms with E-state index >= 15 is 0 Å². The van der Waals surface area contributed by atoms with E-state index in [0.29, 0.717) is 0 Å². The van der Waals surface area contributed by atoms with Gasteiger partial charge in [0.2, 0.25) is 0 Å². The first-order chi connectivity index (χ1) is 3.41. The quantitative estimate of drug-likeness (QED) is 0.377. The third-order valence-corrected chi connectivity index (χ3v) is 0.581. The van der Waals surface area contributed by atoms with Gasteiger partial charge in [-0.2, -0.15) is 10.2 Å². The molecule has 7 heavy (non-hydrogen) atoms. The predicted molar refractivity (Wildman–Crippen MR) is 32.9 cm³/mol. The van der Waals surface area contributed by atoms with E-state index in [0.717, 1.165) is 12.8 Å². The van der Waals surface area contributed by atoms with Crippen LogP contribution in [0.2, 0.25) is 0 Å². The lowest BCUT2D eigenvalue weighted by Crippen LogP contribution is -1.67. The van der Waals surface area contributed by atoms with Gasteiger partial charge in [-0.25, -0.2) is 0 Å². The number of hydrogen-bond acceptors (Lipinski definition) is 2. The molecule has 2 nitrogen and oxygen atoms in total. The van der Waals surface area contributed by atoms with Crippen molar-refractivity contribution >= 4 is 12.9 Å². The second-order valence-corrected chi connectivity index (χ2v) is 1.23. The molecule has 0 radical (unpaired) electrons. The van der Waals surface area contributed by atoms with Gasteiger partial charge in [-0.15, -0.1) is 0 Å². The molecule has 0 atom stereocenters. The fourth-order valence-electron chi connectivity index (χ4n) is 0.245. The molecule has 0 saturated carbocycles. The van der Waals surface area contributed by atoms with Crippen LogP contribution >= 0.6 is 0 Å². The van der Waals surface area contributed by atoms with Crippen LogP contribution in [0.5, 0.6) is 0 Å². The van der Waals surface area contributed by atoms with Crippen molar-refractivity contribution in [3.05, 3.63) is 0 Å². The predicted octanol–water partition coefficient (Wildman–Crippen LogP) is 1.47. The normalized spacial score (nSPS) is 9.86. The highest BCUT2D eigenvalue weighted by Gasteiger charge is 1.68. The molecule has 0 aliphatic carbocycles. The average Bonchev–Trinajstić information content (AvgIpc) is 1.69. The first-order valence-electron chi connectivity index (χ1n) is 2.39. The second kappa shape index (κ2) is 5.34. The summed E-state index contributed by atoms with van der Waals surface area (Å²) in [7, 11) is 0. The molecule has 40 valence electrons. The average molecular weight is 98.1 g/mol. The van der Waals surface area contributed by atoms with Crippen molar-refractivity contribution in [3.8, 4) is 0 Å². The summed E-state index contributed by atoms with van der Waals surface area (Å²) >= 11 is 0. The smallest absolute Gasteiger partial charge is 0.0269 e. The molecule has 0 saturated heterocycles. The van der Waals surface area contributed by atoms with E-state index in [-0.39, 0.29) is 0 Å². The monoisotopic (exact) mass is 98.1 g/mol. The van der Waals surface area contributed by atoms with Crippen LogP contribution in [0.4, 0.5) is 0 Å². The van der Waals surface area contributed by atoms with Crippen LogP contribution in [-0.2, 0) is 0 Å². The first-order valence-corrected chi connectivity index (χ1v) is 2.39. The molecule has 0 heterocycles. The van der Waals surface area contributed by atoms with E-state index in [1.165, 1.54) is 0 Å². The summed E-state index contributed by atoms with van der Waals surface area (Å²) in [6.45, 7) is 5.28. The Balaban J connectivity index is 2.92. The SMILES string of the molecule is C=N/N=C\CCC. The van der Waals surface area contributed by atoms with E-state index < -0.39 is 0 Å². The summed E-state index contributed by atoms with van der Waals surface area (Å²) in [4.78, 5) is 0. The Bertz CT molecular complexity index is 66.5. The summed E-state index contributed by atoms with van der Waals surface area (Å²) in [5.41, 5.74) is 0. The Labute approximate surface area is 44.0 Å². The summed E-state index contributed by atoms with van der Waals surface area (Å²) in [6.07, 6.45) is 3.88. The minimum Gasteiger partial charge on any atom is -0.167 e. The van der Waals surface area contributed by atoms with Crippen molar-refractivity contribution < 1.29 is 0 Å². The maximum Gasteiger partial charge on any atom is 0.0269 e. The molecule has 0 spiro atoms. The van der Waals surface area contributed by atoms with Gasteiger partial charge in [-0.1, -0.05) is 13.3 Å². The fraction of sp³-hybridized carbons (Fsp3) is 0.600. The highest BCUT2D eigenvalue weighted by atomic mass is 15.2. The van der Waals surface area contributed by atoms with E-state index in [1.54, 1.807) is 6.21 Å². The largest absolute Gasteiger partial charge is 0.167 e. The summed E-state index contributed by atoms with van der Waals surface area (Å²) in [6, 6.07) is 0. The Morgan fingerprint density at radius 1 is 1.71 bits per heavy atom. The molecule has 0 aromatic rings. The zero-order chi connectivity index (χ0) is 5.54. The van der Waals surface area contributed by atoms with Crippen LogP contribution in [0.3, 0.4) is 0 Å². The Hall–Kier alpha value is -0.660. The first kappa shape index (κ1) is 6.34. The number of nitrogens with zero attached hydrogens (tertiary/aromatic N) is 2. The van der Waals surface area contributed by atoms with Crippen LogP contribution in [-0.4, -0.2) is 12.9 Å². The van der Waals surface area contributed by atoms with Gasteiger partial charge >= 0.3 is 0 Å². The summed E-state index contributed by atoms with van der Waals surface area (Å²) in [5, 5.41) is 6.84. The van der Waals surface area contributed by atoms with E-state index in [2.05, 4.69) is 23.8 Å². The van der Waals surface area contributed by atoms with Crippen LogP contribution in [0.1, 0.15) is 19.8 Å². The summed E-state index contributed by atoms with van der Waals surface area (Å²) < 4.78 is 0. The van der Waals surface area contributed by atoms with Gasteiger partial charge in [-0.05, 0) is 6.42 Å². The third kappa shape index (κ3) is 5.34. The van der Waals surface area contributed by atoms with E-state index in [9.17, 15) is 0 Å². The fourth-order valence-corrected chi connectivity index (χ4v) is 0.245. The molecule has 0 rings (SSSR count). The lowest BCUT2D eigenvalue weighted by atomic mass is 10.4. The molecule has 0 aliphatic heterocycles. The molecule has 0 unspecified atom stereocenters. The molecule has 0 fully saturated rings. The van der Waals surface area contributed by atoms with Gasteiger partial charge in [0.1, 0.15) is 0 Å². The Kier molecular flexibility index (Phi) is 4.84. The third-order valence-electron chi connectivity index (χ3n) is 0.581. The van der Waals surface area contributed by atoms with Gasteiger partial charge in [0, 0.05) is 12.9 Å². The number of hydrogen-bond donors (Lipinski definition) is 0. The van der Waals surface area contributed by atoms with Crippen LogP contribution in [0.25, 0.3) is 0 Å². The van der Waals surface area contributed by atoms with Crippen molar-refractivity contribution in [1.82, 2.24) is 0 Å². The molecule has 0 aliphatic rings. The van der Waals surface area contributed by atoms with E-state index in [1.807, 2.05) is 0 Å². The van der Waals surface area contributed by atoms with E-state index in [4.69, 9.17) is 0 Å². The molecule has 0 aromatic carbocycles. The van der Waals surface area contributed by atoms with Crippen molar-refractivity contribution in [2.75, 3.05) is 0 Å². The number of unbranched alkanes of at least 4 members (excludes halogenated alkanes) is 1. The van der Waals surface area contributed by atoms with Crippen molar-refractivity contribution in [3.63, 3.8) is 0 Å². The van der Waals surface area contributed by atoms with Gasteiger partial charge in [0.25, 0.3) is 0 Å². The minimum atomic E-state index is 0.999. The van der Waals surface area contributed by atoms with Crippen molar-refractivity contribution in [1.29, 1.82) is 0 Å². The maximum atomic E-state index is 3.55. The lowest BCUT2D eigenvalue weighted by molar-refractivity contribution is 1.00. The highest BCUT2D eigenvalue weighted by Crippen LogP contribution is 1.79. The zero-order valence-corrected chi connectivity index (χ0v) is 4.59. The van der Waals surface area contributed by atoms with Crippen LogP contribution < -0.4 is 0 Å². The molecular weight excluding hydrogens is 88.1 g/mol. The molecule has 0 bridgehead atoms. The highest BCUT2D eigenvalue weighted by molar-refractivity contribution is 5.57. The standard InChI is InChI=1S/C5H10N2/c1-3-4-5-7-6-2/h5H,2-4H2,1H3/b7-5-. The molecular formula is C5H10N2. The molecule has 0 aromatic heterocycles. The zero-order valence-electron chi connectivity index (χ0n) is 4.59.